The highest BCUT2D eigenvalue weighted by Crippen LogP contribution is 2.16. The lowest BCUT2D eigenvalue weighted by Gasteiger charge is -2.15. The summed E-state index contributed by atoms with van der Waals surface area (Å²) in [7, 11) is 0. The van der Waals surface area contributed by atoms with Crippen molar-refractivity contribution in [3.8, 4) is 0 Å². The van der Waals surface area contributed by atoms with Crippen molar-refractivity contribution < 1.29 is 14.6 Å². The van der Waals surface area contributed by atoms with E-state index in [4.69, 9.17) is 9.84 Å². The molecule has 1 saturated heterocycles. The molecule has 0 spiro atoms. The van der Waals surface area contributed by atoms with Crippen LogP contribution in [0.4, 0.5) is 0 Å². The van der Waals surface area contributed by atoms with Gasteiger partial charge in [-0.2, -0.15) is 0 Å². The van der Waals surface area contributed by atoms with Gasteiger partial charge < -0.3 is 15.2 Å². The number of carbonyl (C=O) groups is 1. The monoisotopic (exact) mass is 243 g/mol. The molecule has 100 valence electrons. The van der Waals surface area contributed by atoms with Crippen LogP contribution in [-0.4, -0.2) is 36.9 Å². The van der Waals surface area contributed by atoms with E-state index in [0.717, 1.165) is 38.7 Å². The van der Waals surface area contributed by atoms with Crippen molar-refractivity contribution in [1.29, 1.82) is 0 Å². The molecule has 0 bridgehead atoms. The van der Waals surface area contributed by atoms with Crippen LogP contribution in [0.2, 0.25) is 0 Å². The Kier molecular flexibility index (Phi) is 7.21. The lowest BCUT2D eigenvalue weighted by Crippen LogP contribution is -2.30. The molecule has 0 aromatic heterocycles. The van der Waals surface area contributed by atoms with Crippen LogP contribution in [0.5, 0.6) is 0 Å². The Morgan fingerprint density at radius 3 is 3.00 bits per heavy atom. The number of hydrogen-bond acceptors (Lipinski definition) is 3. The normalized spacial score (nSPS) is 21.4. The number of amides is 1. The smallest absolute Gasteiger partial charge is 0.220 e. The molecule has 2 unspecified atom stereocenters. The number of carbonyl (C=O) groups excluding carboxylic acids is 1. The van der Waals surface area contributed by atoms with E-state index in [2.05, 4.69) is 12.2 Å². The molecule has 1 heterocycles. The van der Waals surface area contributed by atoms with Gasteiger partial charge in [0.15, 0.2) is 0 Å². The lowest BCUT2D eigenvalue weighted by molar-refractivity contribution is -0.121. The first-order valence-electron chi connectivity index (χ1n) is 6.75. The second kappa shape index (κ2) is 8.48. The number of aliphatic hydroxyl groups excluding tert-OH is 1. The topological polar surface area (TPSA) is 58.6 Å². The van der Waals surface area contributed by atoms with Crippen molar-refractivity contribution in [2.45, 2.75) is 51.6 Å². The second-order valence-electron chi connectivity index (χ2n) is 4.76. The minimum Gasteiger partial charge on any atom is -0.396 e. The van der Waals surface area contributed by atoms with Gasteiger partial charge in [-0.1, -0.05) is 13.3 Å². The van der Waals surface area contributed by atoms with Crippen LogP contribution in [0.3, 0.4) is 0 Å². The predicted molar refractivity (Wildman–Crippen MR) is 66.7 cm³/mol. The fourth-order valence-electron chi connectivity index (χ4n) is 2.14. The van der Waals surface area contributed by atoms with Crippen molar-refractivity contribution >= 4 is 5.91 Å². The molecule has 2 N–H and O–H groups in total. The Hall–Kier alpha value is -0.610. The van der Waals surface area contributed by atoms with E-state index in [1.54, 1.807) is 0 Å². The molecular weight excluding hydrogens is 218 g/mol. The lowest BCUT2D eigenvalue weighted by atomic mass is 10.0. The Balaban J connectivity index is 2.07. The van der Waals surface area contributed by atoms with Gasteiger partial charge in [-0.25, -0.2) is 0 Å². The minimum absolute atomic E-state index is 0.108. The molecule has 1 amide bonds. The number of aliphatic hydroxyl groups is 1. The van der Waals surface area contributed by atoms with Crippen LogP contribution in [0.15, 0.2) is 0 Å². The maximum absolute atomic E-state index is 11.6. The van der Waals surface area contributed by atoms with E-state index >= 15 is 0 Å². The van der Waals surface area contributed by atoms with Gasteiger partial charge in [-0.15, -0.1) is 0 Å². The summed E-state index contributed by atoms with van der Waals surface area (Å²) in [5.41, 5.74) is 0. The van der Waals surface area contributed by atoms with Crippen LogP contribution >= 0.6 is 0 Å². The van der Waals surface area contributed by atoms with Gasteiger partial charge >= 0.3 is 0 Å². The quantitative estimate of drug-likeness (QED) is 0.678. The highest BCUT2D eigenvalue weighted by atomic mass is 16.5. The Bertz CT molecular complexity index is 215. The zero-order valence-electron chi connectivity index (χ0n) is 10.8. The summed E-state index contributed by atoms with van der Waals surface area (Å²) in [5, 5.41) is 11.8. The standard InChI is InChI=1S/C13H25NO3/c1-2-11(7-8-15)10-14-13(16)6-5-12-4-3-9-17-12/h11-12,15H,2-10H2,1H3,(H,14,16). The summed E-state index contributed by atoms with van der Waals surface area (Å²) in [5.74, 6) is 0.503. The van der Waals surface area contributed by atoms with Crippen molar-refractivity contribution in [2.75, 3.05) is 19.8 Å². The number of hydrogen-bond donors (Lipinski definition) is 2. The zero-order valence-corrected chi connectivity index (χ0v) is 10.8. The first kappa shape index (κ1) is 14.5. The van der Waals surface area contributed by atoms with Gasteiger partial charge in [-0.05, 0) is 31.6 Å². The fourth-order valence-corrected chi connectivity index (χ4v) is 2.14. The number of ether oxygens (including phenoxy) is 1. The van der Waals surface area contributed by atoms with E-state index in [1.165, 1.54) is 0 Å². The molecule has 0 aromatic rings. The summed E-state index contributed by atoms with van der Waals surface area (Å²) in [6.45, 7) is 3.81. The van der Waals surface area contributed by atoms with Crippen LogP contribution in [0, 0.1) is 5.92 Å². The predicted octanol–water partition coefficient (Wildman–Crippen LogP) is 1.47. The fraction of sp³-hybridized carbons (Fsp3) is 0.923. The molecule has 1 rings (SSSR count). The van der Waals surface area contributed by atoms with Crippen molar-refractivity contribution in [2.24, 2.45) is 5.92 Å². The van der Waals surface area contributed by atoms with Crippen molar-refractivity contribution in [3.05, 3.63) is 0 Å². The van der Waals surface area contributed by atoms with E-state index in [1.807, 2.05) is 0 Å². The van der Waals surface area contributed by atoms with Crippen LogP contribution in [0.25, 0.3) is 0 Å². The third kappa shape index (κ3) is 6.03. The van der Waals surface area contributed by atoms with E-state index < -0.39 is 0 Å². The van der Waals surface area contributed by atoms with Gasteiger partial charge in [0.25, 0.3) is 0 Å². The molecule has 0 saturated carbocycles. The first-order valence-corrected chi connectivity index (χ1v) is 6.75. The molecule has 4 heteroatoms. The molecule has 1 fully saturated rings. The molecule has 1 aliphatic heterocycles. The number of nitrogens with one attached hydrogen (secondary N) is 1. The first-order chi connectivity index (χ1) is 8.26. The molecular formula is C13H25NO3. The maximum atomic E-state index is 11.6. The molecule has 0 aromatic carbocycles. The Labute approximate surface area is 104 Å². The van der Waals surface area contributed by atoms with Gasteiger partial charge in [0.2, 0.25) is 5.91 Å². The van der Waals surface area contributed by atoms with Gasteiger partial charge in [0.1, 0.15) is 0 Å². The largest absolute Gasteiger partial charge is 0.396 e. The summed E-state index contributed by atoms with van der Waals surface area (Å²) < 4.78 is 5.48. The van der Waals surface area contributed by atoms with Crippen LogP contribution < -0.4 is 5.32 Å². The summed E-state index contributed by atoms with van der Waals surface area (Å²) >= 11 is 0. The highest BCUT2D eigenvalue weighted by molar-refractivity contribution is 5.75. The van der Waals surface area contributed by atoms with E-state index in [-0.39, 0.29) is 12.5 Å². The third-order valence-electron chi connectivity index (χ3n) is 3.42. The molecule has 2 atom stereocenters. The molecule has 17 heavy (non-hydrogen) atoms. The van der Waals surface area contributed by atoms with E-state index in [9.17, 15) is 4.79 Å². The SMILES string of the molecule is CCC(CCO)CNC(=O)CCC1CCCO1. The van der Waals surface area contributed by atoms with E-state index in [0.29, 0.717) is 25.0 Å². The summed E-state index contributed by atoms with van der Waals surface area (Å²) in [4.78, 5) is 11.6. The molecule has 0 radical (unpaired) electrons. The van der Waals surface area contributed by atoms with Crippen molar-refractivity contribution in [3.63, 3.8) is 0 Å². The average molecular weight is 243 g/mol. The van der Waals surface area contributed by atoms with Crippen LogP contribution in [-0.2, 0) is 9.53 Å². The van der Waals surface area contributed by atoms with Gasteiger partial charge in [0, 0.05) is 26.2 Å². The maximum Gasteiger partial charge on any atom is 0.220 e. The van der Waals surface area contributed by atoms with Gasteiger partial charge in [-0.3, -0.25) is 4.79 Å². The highest BCUT2D eigenvalue weighted by Gasteiger charge is 2.16. The van der Waals surface area contributed by atoms with Crippen molar-refractivity contribution in [1.82, 2.24) is 5.32 Å². The van der Waals surface area contributed by atoms with Crippen LogP contribution in [0.1, 0.15) is 45.4 Å². The average Bonchev–Trinajstić information content (AvgIpc) is 2.85. The third-order valence-corrected chi connectivity index (χ3v) is 3.42. The number of rotatable bonds is 8. The van der Waals surface area contributed by atoms with Gasteiger partial charge in [0.05, 0.1) is 6.10 Å². The molecule has 0 aliphatic carbocycles. The minimum atomic E-state index is 0.108. The zero-order chi connectivity index (χ0) is 12.5. The summed E-state index contributed by atoms with van der Waals surface area (Å²) in [6.07, 6.45) is 5.66. The molecule has 4 nitrogen and oxygen atoms in total. The Morgan fingerprint density at radius 2 is 2.41 bits per heavy atom. The molecule has 1 aliphatic rings. The summed E-state index contributed by atoms with van der Waals surface area (Å²) in [6, 6.07) is 0. The second-order valence-corrected chi connectivity index (χ2v) is 4.76. The Morgan fingerprint density at radius 1 is 1.59 bits per heavy atom.